The molecule has 0 aliphatic carbocycles. The molecule has 2 aliphatic rings. The van der Waals surface area contributed by atoms with Gasteiger partial charge in [-0.2, -0.15) is 0 Å². The quantitative estimate of drug-likeness (QED) is 0.686. The largest absolute Gasteiger partial charge is 0.311 e. The summed E-state index contributed by atoms with van der Waals surface area (Å²) in [6.07, 6.45) is 11.3. The van der Waals surface area contributed by atoms with E-state index in [9.17, 15) is 0 Å². The normalized spacial score (nSPS) is 32.3. The average molecular weight is 238 g/mol. The second-order valence-electron chi connectivity index (χ2n) is 6.27. The summed E-state index contributed by atoms with van der Waals surface area (Å²) in [4.78, 5) is 2.54. The summed E-state index contributed by atoms with van der Waals surface area (Å²) in [5.41, 5.74) is 0. The Morgan fingerprint density at radius 1 is 1.06 bits per heavy atom. The Morgan fingerprint density at radius 3 is 2.41 bits per heavy atom. The van der Waals surface area contributed by atoms with Crippen molar-refractivity contribution >= 4 is 0 Å². The van der Waals surface area contributed by atoms with Crippen LogP contribution in [0.15, 0.2) is 0 Å². The second kappa shape index (κ2) is 6.75. The van der Waals surface area contributed by atoms with Gasteiger partial charge in [-0.15, -0.1) is 0 Å². The van der Waals surface area contributed by atoms with Crippen molar-refractivity contribution in [3.05, 3.63) is 0 Å². The zero-order valence-electron chi connectivity index (χ0n) is 11.8. The summed E-state index contributed by atoms with van der Waals surface area (Å²) in [6, 6.07) is 1.73. The van der Waals surface area contributed by atoms with E-state index in [2.05, 4.69) is 24.2 Å². The van der Waals surface area contributed by atoms with E-state index in [0.29, 0.717) is 0 Å². The van der Waals surface area contributed by atoms with Crippen molar-refractivity contribution in [2.45, 2.75) is 70.4 Å². The van der Waals surface area contributed by atoms with E-state index in [1.807, 2.05) is 0 Å². The minimum absolute atomic E-state index is 0.865. The topological polar surface area (TPSA) is 15.3 Å². The third-order valence-corrected chi connectivity index (χ3v) is 4.63. The van der Waals surface area contributed by atoms with Crippen molar-refractivity contribution < 1.29 is 0 Å². The van der Waals surface area contributed by atoms with E-state index >= 15 is 0 Å². The molecule has 2 atom stereocenters. The van der Waals surface area contributed by atoms with Crippen LogP contribution >= 0.6 is 0 Å². The summed E-state index contributed by atoms with van der Waals surface area (Å²) in [5, 5.41) is 3.74. The zero-order chi connectivity index (χ0) is 12.1. The lowest BCUT2D eigenvalue weighted by atomic mass is 9.89. The first-order valence-corrected chi connectivity index (χ1v) is 7.72. The Morgan fingerprint density at radius 2 is 1.76 bits per heavy atom. The maximum Gasteiger partial charge on any atom is 0.00728 e. The fourth-order valence-corrected chi connectivity index (χ4v) is 3.56. The number of nitrogens with one attached hydrogen (secondary N) is 1. The minimum Gasteiger partial charge on any atom is -0.311 e. The molecule has 2 aliphatic heterocycles. The smallest absolute Gasteiger partial charge is 0.00728 e. The first kappa shape index (κ1) is 13.4. The first-order chi connectivity index (χ1) is 8.28. The molecule has 0 aromatic carbocycles. The maximum atomic E-state index is 3.74. The molecule has 2 unspecified atom stereocenters. The van der Waals surface area contributed by atoms with Crippen LogP contribution in [0.4, 0.5) is 0 Å². The van der Waals surface area contributed by atoms with Crippen molar-refractivity contribution in [2.75, 3.05) is 20.1 Å². The van der Waals surface area contributed by atoms with Crippen LogP contribution in [0.1, 0.15) is 58.3 Å². The molecule has 17 heavy (non-hydrogen) atoms. The van der Waals surface area contributed by atoms with Gasteiger partial charge in [0.2, 0.25) is 0 Å². The lowest BCUT2D eigenvalue weighted by molar-refractivity contribution is 0.240. The van der Waals surface area contributed by atoms with Gasteiger partial charge in [-0.3, -0.25) is 0 Å². The van der Waals surface area contributed by atoms with Gasteiger partial charge >= 0.3 is 0 Å². The van der Waals surface area contributed by atoms with Crippen LogP contribution < -0.4 is 5.32 Å². The van der Waals surface area contributed by atoms with Crippen LogP contribution in [-0.4, -0.2) is 37.1 Å². The molecule has 100 valence electrons. The lowest BCUT2D eigenvalue weighted by Gasteiger charge is -2.30. The highest BCUT2D eigenvalue weighted by molar-refractivity contribution is 4.91. The molecule has 2 rings (SSSR count). The minimum atomic E-state index is 0.865. The van der Waals surface area contributed by atoms with Crippen molar-refractivity contribution in [2.24, 2.45) is 5.92 Å². The van der Waals surface area contributed by atoms with Gasteiger partial charge in [0.15, 0.2) is 0 Å². The summed E-state index contributed by atoms with van der Waals surface area (Å²) < 4.78 is 0. The molecule has 2 nitrogen and oxygen atoms in total. The fourth-order valence-electron chi connectivity index (χ4n) is 3.56. The summed E-state index contributed by atoms with van der Waals surface area (Å²) in [5.74, 6) is 1.00. The van der Waals surface area contributed by atoms with Crippen molar-refractivity contribution in [3.8, 4) is 0 Å². The summed E-state index contributed by atoms with van der Waals surface area (Å²) in [6.45, 7) is 4.89. The summed E-state index contributed by atoms with van der Waals surface area (Å²) >= 11 is 0. The number of nitrogens with zero attached hydrogens (tertiary/aromatic N) is 1. The van der Waals surface area contributed by atoms with E-state index in [-0.39, 0.29) is 0 Å². The van der Waals surface area contributed by atoms with E-state index < -0.39 is 0 Å². The van der Waals surface area contributed by atoms with E-state index in [1.54, 1.807) is 0 Å². The van der Waals surface area contributed by atoms with Gasteiger partial charge in [-0.1, -0.05) is 19.8 Å². The Labute approximate surface area is 107 Å². The standard InChI is InChI=1S/C15H30N2/c1-3-4-5-9-17(2)10-8-13-11-14-6-7-15(12-13)16-14/h13-16H,3-12H2,1-2H3. The number of fused-ring (bicyclic) bond motifs is 2. The van der Waals surface area contributed by atoms with E-state index in [0.717, 1.165) is 18.0 Å². The van der Waals surface area contributed by atoms with Crippen molar-refractivity contribution in [1.82, 2.24) is 10.2 Å². The van der Waals surface area contributed by atoms with Crippen molar-refractivity contribution in [1.29, 1.82) is 0 Å². The molecule has 0 aromatic rings. The highest BCUT2D eigenvalue weighted by Gasteiger charge is 2.32. The molecular formula is C15H30N2. The second-order valence-corrected chi connectivity index (χ2v) is 6.27. The van der Waals surface area contributed by atoms with Gasteiger partial charge in [-0.25, -0.2) is 0 Å². The Kier molecular flexibility index (Phi) is 5.30. The van der Waals surface area contributed by atoms with E-state index in [1.165, 1.54) is 64.5 Å². The van der Waals surface area contributed by atoms with Gasteiger partial charge < -0.3 is 10.2 Å². The molecule has 0 saturated carbocycles. The van der Waals surface area contributed by atoms with Crippen LogP contribution in [0, 0.1) is 5.92 Å². The number of unbranched alkanes of at least 4 members (excludes halogenated alkanes) is 2. The Hall–Kier alpha value is -0.0800. The molecule has 1 N–H and O–H groups in total. The number of rotatable bonds is 7. The zero-order valence-corrected chi connectivity index (χ0v) is 11.8. The molecule has 2 bridgehead atoms. The Balaban J connectivity index is 1.58. The third-order valence-electron chi connectivity index (χ3n) is 4.63. The third kappa shape index (κ3) is 4.26. The molecule has 2 heteroatoms. The number of hydrogen-bond donors (Lipinski definition) is 1. The predicted molar refractivity (Wildman–Crippen MR) is 74.3 cm³/mol. The molecule has 0 amide bonds. The fraction of sp³-hybridized carbons (Fsp3) is 1.00. The molecule has 2 saturated heterocycles. The van der Waals surface area contributed by atoms with Gasteiger partial charge in [0.25, 0.3) is 0 Å². The number of piperidine rings is 1. The predicted octanol–water partition coefficient (Wildman–Crippen LogP) is 3.03. The van der Waals surface area contributed by atoms with Crippen LogP contribution in [0.25, 0.3) is 0 Å². The Bertz CT molecular complexity index is 205. The highest BCUT2D eigenvalue weighted by Crippen LogP contribution is 2.32. The molecule has 2 fully saturated rings. The van der Waals surface area contributed by atoms with Crippen LogP contribution in [0.2, 0.25) is 0 Å². The number of hydrogen-bond acceptors (Lipinski definition) is 2. The molecule has 0 spiro atoms. The SMILES string of the molecule is CCCCCN(C)CCC1CC2CCC(C1)N2. The van der Waals surface area contributed by atoms with E-state index in [4.69, 9.17) is 0 Å². The van der Waals surface area contributed by atoms with Gasteiger partial charge in [0, 0.05) is 12.1 Å². The van der Waals surface area contributed by atoms with Crippen molar-refractivity contribution in [3.63, 3.8) is 0 Å². The van der Waals surface area contributed by atoms with Crippen LogP contribution in [0.3, 0.4) is 0 Å². The van der Waals surface area contributed by atoms with Gasteiger partial charge in [0.05, 0.1) is 0 Å². The summed E-state index contributed by atoms with van der Waals surface area (Å²) in [7, 11) is 2.30. The first-order valence-electron chi connectivity index (χ1n) is 7.72. The van der Waals surface area contributed by atoms with Crippen LogP contribution in [0.5, 0.6) is 0 Å². The molecule has 0 radical (unpaired) electrons. The lowest BCUT2D eigenvalue weighted by Crippen LogP contribution is -2.39. The molecular weight excluding hydrogens is 208 g/mol. The van der Waals surface area contributed by atoms with Gasteiger partial charge in [-0.05, 0) is 64.6 Å². The monoisotopic (exact) mass is 238 g/mol. The van der Waals surface area contributed by atoms with Crippen LogP contribution in [-0.2, 0) is 0 Å². The molecule has 0 aromatic heterocycles. The van der Waals surface area contributed by atoms with Gasteiger partial charge in [0.1, 0.15) is 0 Å². The highest BCUT2D eigenvalue weighted by atomic mass is 15.1. The maximum absolute atomic E-state index is 3.74. The average Bonchev–Trinajstić information content (AvgIpc) is 2.66. The molecule has 2 heterocycles.